The normalized spacial score (nSPS) is 24.4. The van der Waals surface area contributed by atoms with E-state index in [0.29, 0.717) is 28.3 Å². The van der Waals surface area contributed by atoms with E-state index in [-0.39, 0.29) is 6.04 Å². The smallest absolute Gasteiger partial charge is 0.326 e. The van der Waals surface area contributed by atoms with E-state index in [1.807, 2.05) is 4.72 Å². The molecule has 0 bridgehead atoms. The summed E-state index contributed by atoms with van der Waals surface area (Å²) in [7, 11) is -4.18. The first-order valence-electron chi connectivity index (χ1n) is 10.4. The van der Waals surface area contributed by atoms with Gasteiger partial charge in [0.05, 0.1) is 0 Å². The first-order chi connectivity index (χ1) is 13.8. The van der Waals surface area contributed by atoms with Crippen LogP contribution in [-0.4, -0.2) is 38.6 Å². The molecular weight excluding hydrogens is 397 g/mol. The quantitative estimate of drug-likeness (QED) is 0.628. The number of phenols is 1. The van der Waals surface area contributed by atoms with Gasteiger partial charge in [-0.05, 0) is 61.8 Å². The van der Waals surface area contributed by atoms with E-state index < -0.39 is 39.9 Å². The number of amides is 1. The monoisotopic (exact) mass is 425 g/mol. The molecule has 1 aliphatic heterocycles. The SMILES string of the molecule is O=C1CN(c2c(O)cc3c(c2F)CC[C@H](NCCC2CCCC2)CC3)S(=O)(=O)N1. The third-order valence-corrected chi connectivity index (χ3v) is 7.83. The second-order valence-corrected chi connectivity index (χ2v) is 10.00. The van der Waals surface area contributed by atoms with Crippen molar-refractivity contribution >= 4 is 21.8 Å². The lowest BCUT2D eigenvalue weighted by Gasteiger charge is -2.20. The number of benzene rings is 1. The van der Waals surface area contributed by atoms with E-state index in [9.17, 15) is 18.3 Å². The molecule has 3 N–H and O–H groups in total. The lowest BCUT2D eigenvalue weighted by atomic mass is 10.0. The number of hydrogen-bond donors (Lipinski definition) is 3. The fraction of sp³-hybridized carbons (Fsp3) is 0.650. The molecule has 0 spiro atoms. The van der Waals surface area contributed by atoms with Crippen molar-refractivity contribution in [3.8, 4) is 5.75 Å². The maximum absolute atomic E-state index is 15.3. The van der Waals surface area contributed by atoms with Gasteiger partial charge in [0.25, 0.3) is 5.91 Å². The number of carbonyl (C=O) groups excluding carboxylic acids is 1. The lowest BCUT2D eigenvalue weighted by Crippen LogP contribution is -2.31. The van der Waals surface area contributed by atoms with E-state index in [0.717, 1.165) is 25.3 Å². The molecule has 7 nitrogen and oxygen atoms in total. The van der Waals surface area contributed by atoms with Gasteiger partial charge < -0.3 is 10.4 Å². The van der Waals surface area contributed by atoms with Gasteiger partial charge in [-0.2, -0.15) is 8.42 Å². The number of carbonyl (C=O) groups is 1. The Labute approximate surface area is 170 Å². The van der Waals surface area contributed by atoms with Crippen molar-refractivity contribution in [3.63, 3.8) is 0 Å². The molecule has 1 atom stereocenters. The Morgan fingerprint density at radius 2 is 1.93 bits per heavy atom. The van der Waals surface area contributed by atoms with Gasteiger partial charge in [-0.15, -0.1) is 0 Å². The highest BCUT2D eigenvalue weighted by Gasteiger charge is 2.38. The van der Waals surface area contributed by atoms with Crippen LogP contribution in [0.2, 0.25) is 0 Å². The minimum atomic E-state index is -4.18. The van der Waals surface area contributed by atoms with Crippen LogP contribution < -0.4 is 14.3 Å². The van der Waals surface area contributed by atoms with E-state index in [1.54, 1.807) is 0 Å². The summed E-state index contributed by atoms with van der Waals surface area (Å²) in [6, 6.07) is 1.72. The number of nitrogens with zero attached hydrogens (tertiary/aromatic N) is 1. The summed E-state index contributed by atoms with van der Waals surface area (Å²) in [5.74, 6) is -1.12. The first kappa shape index (κ1) is 20.4. The van der Waals surface area contributed by atoms with E-state index in [2.05, 4.69) is 5.32 Å². The summed E-state index contributed by atoms with van der Waals surface area (Å²) in [5, 5.41) is 13.9. The number of hydrogen-bond acceptors (Lipinski definition) is 5. The topological polar surface area (TPSA) is 98.7 Å². The Bertz CT molecular complexity index is 899. The van der Waals surface area contributed by atoms with Crippen LogP contribution in [0.25, 0.3) is 0 Å². The molecule has 0 radical (unpaired) electrons. The number of rotatable bonds is 5. The van der Waals surface area contributed by atoms with Gasteiger partial charge in [0.2, 0.25) is 0 Å². The maximum Gasteiger partial charge on any atom is 0.326 e. The molecule has 4 rings (SSSR count). The van der Waals surface area contributed by atoms with Gasteiger partial charge in [-0.1, -0.05) is 25.7 Å². The third kappa shape index (κ3) is 4.21. The van der Waals surface area contributed by atoms with Crippen molar-refractivity contribution < 1.29 is 22.7 Å². The molecular formula is C20H28FN3O4S. The van der Waals surface area contributed by atoms with Crippen LogP contribution in [0.3, 0.4) is 0 Å². The van der Waals surface area contributed by atoms with Crippen LogP contribution in [0.5, 0.6) is 5.75 Å². The zero-order chi connectivity index (χ0) is 20.6. The highest BCUT2D eigenvalue weighted by molar-refractivity contribution is 7.92. The summed E-state index contributed by atoms with van der Waals surface area (Å²) < 4.78 is 41.9. The zero-order valence-corrected chi connectivity index (χ0v) is 17.2. The van der Waals surface area contributed by atoms with E-state index in [4.69, 9.17) is 0 Å². The predicted octanol–water partition coefficient (Wildman–Crippen LogP) is 2.13. The average molecular weight is 426 g/mol. The molecule has 2 aliphatic carbocycles. The number of phenolic OH excluding ortho intramolecular Hbond substituents is 1. The van der Waals surface area contributed by atoms with Crippen molar-refractivity contribution in [1.82, 2.24) is 10.0 Å². The second-order valence-electron chi connectivity index (χ2n) is 8.40. The summed E-state index contributed by atoms with van der Waals surface area (Å²) in [5.41, 5.74) is 0.710. The van der Waals surface area contributed by atoms with Crippen LogP contribution >= 0.6 is 0 Å². The Balaban J connectivity index is 1.48. The molecule has 1 saturated carbocycles. The Hall–Kier alpha value is -1.87. The summed E-state index contributed by atoms with van der Waals surface area (Å²) in [6.45, 7) is 0.432. The average Bonchev–Trinajstić information content (AvgIpc) is 3.19. The van der Waals surface area contributed by atoms with E-state index in [1.165, 1.54) is 38.2 Å². The lowest BCUT2D eigenvalue weighted by molar-refractivity contribution is -0.117. The number of nitrogens with one attached hydrogen (secondary N) is 2. The first-order valence-corrected chi connectivity index (χ1v) is 11.9. The number of aromatic hydroxyl groups is 1. The molecule has 1 amide bonds. The highest BCUT2D eigenvalue weighted by Crippen LogP contribution is 2.39. The van der Waals surface area contributed by atoms with E-state index >= 15 is 4.39 Å². The largest absolute Gasteiger partial charge is 0.506 e. The fourth-order valence-corrected chi connectivity index (χ4v) is 6.04. The molecule has 2 fully saturated rings. The molecule has 1 aromatic carbocycles. The third-order valence-electron chi connectivity index (χ3n) is 6.45. The van der Waals surface area contributed by atoms with Crippen molar-refractivity contribution in [3.05, 3.63) is 23.0 Å². The minimum Gasteiger partial charge on any atom is -0.506 e. The highest BCUT2D eigenvalue weighted by atomic mass is 32.2. The standard InChI is InChI=1S/C20H28FN3O4S/c21-19-16-8-7-15(22-10-9-13-3-1-2-4-13)6-5-14(16)11-17(25)20(19)24-12-18(26)23-29(24,27)28/h11,13,15,22,25H,1-10,12H2,(H,23,26)/t15-/m1/s1. The molecule has 1 aromatic rings. The fourth-order valence-electron chi connectivity index (χ4n) is 4.88. The molecule has 3 aliphatic rings. The van der Waals surface area contributed by atoms with Crippen LogP contribution in [-0.2, 0) is 27.8 Å². The molecule has 0 unspecified atom stereocenters. The predicted molar refractivity (Wildman–Crippen MR) is 107 cm³/mol. The number of fused-ring (bicyclic) bond motifs is 1. The number of halogens is 1. The van der Waals surface area contributed by atoms with Crippen LogP contribution in [0.15, 0.2) is 6.07 Å². The zero-order valence-electron chi connectivity index (χ0n) is 16.4. The molecule has 0 aromatic heterocycles. The minimum absolute atomic E-state index is 0.271. The number of anilines is 1. The summed E-state index contributed by atoms with van der Waals surface area (Å²) >= 11 is 0. The van der Waals surface area contributed by atoms with Crippen molar-refractivity contribution in [1.29, 1.82) is 0 Å². The maximum atomic E-state index is 15.3. The number of aryl methyl sites for hydroxylation is 1. The van der Waals surface area contributed by atoms with Crippen molar-refractivity contribution in [2.45, 2.75) is 63.8 Å². The van der Waals surface area contributed by atoms with Gasteiger partial charge in [0, 0.05) is 6.04 Å². The summed E-state index contributed by atoms with van der Waals surface area (Å²) in [4.78, 5) is 11.5. The van der Waals surface area contributed by atoms with Gasteiger partial charge >= 0.3 is 10.2 Å². The Morgan fingerprint density at radius 1 is 1.21 bits per heavy atom. The Kier molecular flexibility index (Phi) is 5.70. The second kappa shape index (κ2) is 8.10. The van der Waals surface area contributed by atoms with Crippen molar-refractivity contribution in [2.24, 2.45) is 5.92 Å². The Morgan fingerprint density at radius 3 is 2.62 bits per heavy atom. The molecule has 9 heteroatoms. The van der Waals surface area contributed by atoms with Gasteiger partial charge in [-0.3, -0.25) is 4.79 Å². The summed E-state index contributed by atoms with van der Waals surface area (Å²) in [6.07, 6.45) is 9.17. The van der Waals surface area contributed by atoms with Crippen LogP contribution in [0.4, 0.5) is 10.1 Å². The van der Waals surface area contributed by atoms with Gasteiger partial charge in [0.15, 0.2) is 5.82 Å². The van der Waals surface area contributed by atoms with Gasteiger partial charge in [-0.25, -0.2) is 13.4 Å². The molecule has 160 valence electrons. The van der Waals surface area contributed by atoms with Crippen LogP contribution in [0, 0.1) is 11.7 Å². The molecule has 1 saturated heterocycles. The van der Waals surface area contributed by atoms with Crippen LogP contribution in [0.1, 0.15) is 56.1 Å². The molecule has 29 heavy (non-hydrogen) atoms. The van der Waals surface area contributed by atoms with Gasteiger partial charge in [0.1, 0.15) is 18.0 Å². The van der Waals surface area contributed by atoms with Crippen molar-refractivity contribution in [2.75, 3.05) is 17.4 Å². The molecule has 1 heterocycles.